The number of anilines is 2. The molecule has 2 aliphatic rings. The molecule has 138 valence electrons. The molecule has 0 radical (unpaired) electrons. The van der Waals surface area contributed by atoms with Gasteiger partial charge in [0.1, 0.15) is 0 Å². The fourth-order valence-corrected chi connectivity index (χ4v) is 4.22. The average molecular weight is 377 g/mol. The van der Waals surface area contributed by atoms with Crippen molar-refractivity contribution in [1.82, 2.24) is 4.90 Å². The minimum Gasteiger partial charge on any atom is -0.465 e. The zero-order valence-electron chi connectivity index (χ0n) is 14.6. The topological polar surface area (TPSA) is 96.7 Å². The van der Waals surface area contributed by atoms with Crippen LogP contribution in [0.3, 0.4) is 0 Å². The molecule has 0 aliphatic carbocycles. The number of nitrogens with one attached hydrogen (secondary N) is 1. The molecule has 7 nitrogen and oxygen atoms in total. The van der Waals surface area contributed by atoms with E-state index >= 15 is 0 Å². The van der Waals surface area contributed by atoms with E-state index in [0.717, 1.165) is 45.4 Å². The summed E-state index contributed by atoms with van der Waals surface area (Å²) < 4.78 is 0. The van der Waals surface area contributed by atoms with Crippen LogP contribution in [0.1, 0.15) is 31.7 Å². The Hall–Kier alpha value is -2.46. The molecule has 1 aromatic carbocycles. The van der Waals surface area contributed by atoms with Crippen molar-refractivity contribution >= 4 is 35.0 Å². The van der Waals surface area contributed by atoms with Gasteiger partial charge in [-0.25, -0.2) is 4.79 Å². The van der Waals surface area contributed by atoms with E-state index in [1.807, 2.05) is 4.90 Å². The smallest absolute Gasteiger partial charge is 0.409 e. The normalized spacial score (nSPS) is 18.7. The molecule has 0 bridgehead atoms. The lowest BCUT2D eigenvalue weighted by molar-refractivity contribution is -0.128. The Morgan fingerprint density at radius 1 is 1.27 bits per heavy atom. The van der Waals surface area contributed by atoms with Crippen molar-refractivity contribution in [3.8, 4) is 6.07 Å². The van der Waals surface area contributed by atoms with Gasteiger partial charge in [-0.1, -0.05) is 11.6 Å². The number of likely N-dealkylation sites (tertiary alicyclic amines) is 1. The molecule has 1 aromatic rings. The van der Waals surface area contributed by atoms with Crippen LogP contribution in [-0.2, 0) is 4.79 Å². The van der Waals surface area contributed by atoms with Crippen LogP contribution >= 0.6 is 11.6 Å². The average Bonchev–Trinajstić information content (AvgIpc) is 3.01. The Morgan fingerprint density at radius 3 is 2.46 bits per heavy atom. The number of benzene rings is 1. The first-order chi connectivity index (χ1) is 12.3. The van der Waals surface area contributed by atoms with Gasteiger partial charge >= 0.3 is 6.09 Å². The van der Waals surface area contributed by atoms with Crippen LogP contribution < -0.4 is 10.2 Å². The predicted molar refractivity (Wildman–Crippen MR) is 98.6 cm³/mol. The van der Waals surface area contributed by atoms with E-state index in [1.165, 1.54) is 6.07 Å². The maximum Gasteiger partial charge on any atom is 0.409 e. The van der Waals surface area contributed by atoms with E-state index < -0.39 is 6.09 Å². The molecule has 0 aromatic heterocycles. The van der Waals surface area contributed by atoms with Crippen LogP contribution in [0.25, 0.3) is 0 Å². The first-order valence-corrected chi connectivity index (χ1v) is 8.95. The van der Waals surface area contributed by atoms with Gasteiger partial charge in [-0.2, -0.15) is 5.26 Å². The van der Waals surface area contributed by atoms with Gasteiger partial charge in [0.2, 0.25) is 5.91 Å². The fourth-order valence-electron chi connectivity index (χ4n) is 3.94. The third-order valence-corrected chi connectivity index (χ3v) is 5.87. The van der Waals surface area contributed by atoms with Gasteiger partial charge in [0.05, 0.1) is 28.0 Å². The van der Waals surface area contributed by atoms with Gasteiger partial charge in [0.25, 0.3) is 0 Å². The predicted octanol–water partition coefficient (Wildman–Crippen LogP) is 3.14. The van der Waals surface area contributed by atoms with Crippen LogP contribution in [0.5, 0.6) is 0 Å². The summed E-state index contributed by atoms with van der Waals surface area (Å²) in [5.41, 5.74) is 1.41. The van der Waals surface area contributed by atoms with Crippen molar-refractivity contribution in [2.75, 3.05) is 36.4 Å². The van der Waals surface area contributed by atoms with Crippen molar-refractivity contribution in [3.05, 3.63) is 22.7 Å². The molecule has 2 aliphatic heterocycles. The van der Waals surface area contributed by atoms with Gasteiger partial charge in [-0.15, -0.1) is 0 Å². The Labute approximate surface area is 157 Å². The van der Waals surface area contributed by atoms with E-state index in [0.29, 0.717) is 16.3 Å². The third kappa shape index (κ3) is 3.56. The lowest BCUT2D eigenvalue weighted by Crippen LogP contribution is -2.42. The lowest BCUT2D eigenvalue weighted by atomic mass is 9.77. The van der Waals surface area contributed by atoms with Crippen molar-refractivity contribution in [1.29, 1.82) is 5.26 Å². The highest BCUT2D eigenvalue weighted by atomic mass is 35.5. The van der Waals surface area contributed by atoms with Crippen molar-refractivity contribution in [3.63, 3.8) is 0 Å². The summed E-state index contributed by atoms with van der Waals surface area (Å²) in [4.78, 5) is 26.6. The largest absolute Gasteiger partial charge is 0.465 e. The fraction of sp³-hybridized carbons (Fsp3) is 0.500. The zero-order chi connectivity index (χ0) is 18.9. The summed E-state index contributed by atoms with van der Waals surface area (Å²) in [5, 5.41) is 20.8. The second kappa shape index (κ2) is 7.04. The summed E-state index contributed by atoms with van der Waals surface area (Å²) in [7, 11) is 0. The van der Waals surface area contributed by atoms with Crippen LogP contribution in [0, 0.1) is 16.7 Å². The molecule has 2 N–H and O–H groups in total. The minimum absolute atomic E-state index is 0.124. The number of carboxylic acid groups (broad SMARTS) is 1. The highest BCUT2D eigenvalue weighted by molar-refractivity contribution is 6.36. The van der Waals surface area contributed by atoms with Crippen LogP contribution in [-0.4, -0.2) is 48.2 Å². The number of amides is 2. The SMILES string of the molecule is CC(=O)N1CCC2(CCN(c3cc(C#N)cc(NC(=O)O)c3Cl)CC2)C1. The van der Waals surface area contributed by atoms with Crippen molar-refractivity contribution < 1.29 is 14.7 Å². The van der Waals surface area contributed by atoms with Gasteiger partial charge in [-0.3, -0.25) is 10.1 Å². The highest BCUT2D eigenvalue weighted by Gasteiger charge is 2.41. The Bertz CT molecular complexity index is 781. The molecule has 3 rings (SSSR count). The first kappa shape index (κ1) is 18.3. The quantitative estimate of drug-likeness (QED) is 0.826. The maximum absolute atomic E-state index is 11.6. The number of hydrogen-bond donors (Lipinski definition) is 2. The monoisotopic (exact) mass is 376 g/mol. The summed E-state index contributed by atoms with van der Waals surface area (Å²) in [6.45, 7) is 4.73. The molecule has 0 unspecified atom stereocenters. The molecular weight excluding hydrogens is 356 g/mol. The van der Waals surface area contributed by atoms with Crippen molar-refractivity contribution in [2.24, 2.45) is 5.41 Å². The Kier molecular flexibility index (Phi) is 4.97. The van der Waals surface area contributed by atoms with Gasteiger partial charge in [-0.05, 0) is 36.8 Å². The maximum atomic E-state index is 11.6. The summed E-state index contributed by atoms with van der Waals surface area (Å²) >= 11 is 6.40. The number of nitriles is 1. The third-order valence-electron chi connectivity index (χ3n) is 5.47. The zero-order valence-corrected chi connectivity index (χ0v) is 15.3. The van der Waals surface area contributed by atoms with Crippen LogP contribution in [0.2, 0.25) is 5.02 Å². The number of carbonyl (C=O) groups is 2. The molecule has 2 heterocycles. The Balaban J connectivity index is 1.78. The Morgan fingerprint density at radius 2 is 1.92 bits per heavy atom. The van der Waals surface area contributed by atoms with Gasteiger partial charge in [0, 0.05) is 33.1 Å². The number of hydrogen-bond acceptors (Lipinski definition) is 4. The standard InChI is InChI=1S/C18H21ClN4O3/c1-12(24)23-7-4-18(11-23)2-5-22(6-3-18)15-9-13(10-20)8-14(16(15)19)21-17(25)26/h8-9,21H,2-7,11H2,1H3,(H,25,26). The van der Waals surface area contributed by atoms with Crippen LogP contribution in [0.15, 0.2) is 12.1 Å². The van der Waals surface area contributed by atoms with E-state index in [9.17, 15) is 14.9 Å². The first-order valence-electron chi connectivity index (χ1n) is 8.58. The molecule has 8 heteroatoms. The molecule has 2 saturated heterocycles. The molecule has 26 heavy (non-hydrogen) atoms. The summed E-state index contributed by atoms with van der Waals surface area (Å²) in [6, 6.07) is 5.19. The number of carbonyl (C=O) groups excluding carboxylic acids is 1. The number of nitrogens with zero attached hydrogens (tertiary/aromatic N) is 3. The molecular formula is C18H21ClN4O3. The van der Waals surface area contributed by atoms with Gasteiger partial charge in [0.15, 0.2) is 0 Å². The highest BCUT2D eigenvalue weighted by Crippen LogP contribution is 2.43. The summed E-state index contributed by atoms with van der Waals surface area (Å²) in [5.74, 6) is 0.124. The molecule has 1 spiro atoms. The summed E-state index contributed by atoms with van der Waals surface area (Å²) in [6.07, 6.45) is 1.66. The van der Waals surface area contributed by atoms with E-state index in [-0.39, 0.29) is 17.0 Å². The molecule has 0 saturated carbocycles. The second-order valence-electron chi connectivity index (χ2n) is 7.08. The van der Waals surface area contributed by atoms with E-state index in [4.69, 9.17) is 16.7 Å². The molecule has 2 fully saturated rings. The number of halogens is 1. The molecule has 2 amide bonds. The van der Waals surface area contributed by atoms with Gasteiger partial charge < -0.3 is 14.9 Å². The minimum atomic E-state index is -1.22. The van der Waals surface area contributed by atoms with Crippen LogP contribution in [0.4, 0.5) is 16.2 Å². The lowest BCUT2D eigenvalue weighted by Gasteiger charge is -2.40. The van der Waals surface area contributed by atoms with E-state index in [1.54, 1.807) is 13.0 Å². The number of rotatable bonds is 2. The second-order valence-corrected chi connectivity index (χ2v) is 7.45. The number of piperidine rings is 1. The van der Waals surface area contributed by atoms with E-state index in [2.05, 4.69) is 16.3 Å². The molecule has 0 atom stereocenters. The van der Waals surface area contributed by atoms with Crippen molar-refractivity contribution in [2.45, 2.75) is 26.2 Å².